The molecular weight excluding hydrogens is 257 g/mol. The fourth-order valence-corrected chi connectivity index (χ4v) is 3.37. The summed E-state index contributed by atoms with van der Waals surface area (Å²) >= 11 is 12.0. The van der Waals surface area contributed by atoms with Gasteiger partial charge in [0, 0.05) is 11.1 Å². The van der Waals surface area contributed by atoms with Gasteiger partial charge in [0.2, 0.25) is 0 Å². The molecule has 90 valence electrons. The van der Waals surface area contributed by atoms with E-state index in [2.05, 4.69) is 11.1 Å². The van der Waals surface area contributed by atoms with Gasteiger partial charge in [0.25, 0.3) is 0 Å². The second kappa shape index (κ2) is 3.98. The molecule has 2 atom stereocenters. The van der Waals surface area contributed by atoms with Crippen molar-refractivity contribution in [3.8, 4) is 0 Å². The number of hydrogen-bond acceptors (Lipinski definition) is 2. The van der Waals surface area contributed by atoms with Crippen molar-refractivity contribution < 1.29 is 5.11 Å². The maximum absolute atomic E-state index is 8.84. The van der Waals surface area contributed by atoms with Crippen LogP contribution in [0.4, 0.5) is 0 Å². The number of aliphatic imine (C=N–C) groups is 1. The number of aliphatic hydroxyl groups is 1. The molecule has 2 saturated carbocycles. The van der Waals surface area contributed by atoms with Crippen LogP contribution in [-0.2, 0) is 5.41 Å². The zero-order valence-electron chi connectivity index (χ0n) is 9.29. The van der Waals surface area contributed by atoms with E-state index in [0.717, 1.165) is 18.6 Å². The zero-order chi connectivity index (χ0) is 12.0. The molecule has 0 heterocycles. The van der Waals surface area contributed by atoms with E-state index in [1.165, 1.54) is 12.0 Å². The number of benzene rings is 1. The number of fused-ring (bicyclic) bond motifs is 1. The molecule has 1 aromatic rings. The Bertz CT molecular complexity index is 500. The third kappa shape index (κ3) is 1.79. The van der Waals surface area contributed by atoms with E-state index in [4.69, 9.17) is 28.3 Å². The van der Waals surface area contributed by atoms with E-state index in [0.29, 0.717) is 16.0 Å². The minimum absolute atomic E-state index is 0.0977. The van der Waals surface area contributed by atoms with Gasteiger partial charge < -0.3 is 5.11 Å². The second-order valence-electron chi connectivity index (χ2n) is 4.93. The van der Waals surface area contributed by atoms with Crippen LogP contribution < -0.4 is 0 Å². The molecular formula is C13H13Cl2NO. The minimum atomic E-state index is -0.0977. The maximum atomic E-state index is 8.84. The van der Waals surface area contributed by atoms with Gasteiger partial charge in [-0.1, -0.05) is 29.3 Å². The molecule has 4 heteroatoms. The van der Waals surface area contributed by atoms with Crippen LogP contribution in [-0.4, -0.2) is 17.5 Å². The molecule has 17 heavy (non-hydrogen) atoms. The van der Waals surface area contributed by atoms with Crippen molar-refractivity contribution >= 4 is 28.9 Å². The summed E-state index contributed by atoms with van der Waals surface area (Å²) in [5.74, 6) is 0.671. The third-order valence-electron chi connectivity index (χ3n) is 4.02. The predicted molar refractivity (Wildman–Crippen MR) is 70.0 cm³/mol. The molecule has 0 amide bonds. The summed E-state index contributed by atoms with van der Waals surface area (Å²) in [7, 11) is 0. The average Bonchev–Trinajstić information content (AvgIpc) is 2.87. The number of rotatable bonds is 2. The van der Waals surface area contributed by atoms with Crippen LogP contribution in [0.25, 0.3) is 0 Å². The molecule has 0 bridgehead atoms. The average molecular weight is 270 g/mol. The smallest absolute Gasteiger partial charge is 0.134 e. The first-order valence-electron chi connectivity index (χ1n) is 5.74. The van der Waals surface area contributed by atoms with Gasteiger partial charge in [0.05, 0.1) is 10.0 Å². The molecule has 2 aliphatic rings. The van der Waals surface area contributed by atoms with Crippen molar-refractivity contribution in [3.63, 3.8) is 0 Å². The summed E-state index contributed by atoms with van der Waals surface area (Å²) in [5.41, 5.74) is 2.62. The summed E-state index contributed by atoms with van der Waals surface area (Å²) in [6, 6.07) is 5.91. The molecule has 0 aromatic heterocycles. The van der Waals surface area contributed by atoms with Crippen LogP contribution in [0, 0.1) is 5.92 Å². The second-order valence-corrected chi connectivity index (χ2v) is 5.75. The van der Waals surface area contributed by atoms with Gasteiger partial charge in [0.1, 0.15) is 6.73 Å². The Morgan fingerprint density at radius 2 is 2.18 bits per heavy atom. The molecule has 2 aliphatic carbocycles. The fourth-order valence-electron chi connectivity index (χ4n) is 3.07. The molecule has 0 saturated heterocycles. The minimum Gasteiger partial charge on any atom is -0.375 e. The highest BCUT2D eigenvalue weighted by Crippen LogP contribution is 2.63. The monoisotopic (exact) mass is 269 g/mol. The van der Waals surface area contributed by atoms with Crippen molar-refractivity contribution in [2.24, 2.45) is 10.9 Å². The number of nitrogens with zero attached hydrogens (tertiary/aromatic N) is 1. The van der Waals surface area contributed by atoms with Crippen molar-refractivity contribution in [3.05, 3.63) is 33.8 Å². The summed E-state index contributed by atoms with van der Waals surface area (Å²) in [4.78, 5) is 4.13. The Hall–Kier alpha value is -0.570. The first-order valence-corrected chi connectivity index (χ1v) is 6.50. The van der Waals surface area contributed by atoms with Gasteiger partial charge in [-0.3, -0.25) is 4.99 Å². The van der Waals surface area contributed by atoms with Gasteiger partial charge >= 0.3 is 0 Å². The predicted octanol–water partition coefficient (Wildman–Crippen LogP) is 3.44. The lowest BCUT2D eigenvalue weighted by Gasteiger charge is -2.13. The Morgan fingerprint density at radius 3 is 2.88 bits per heavy atom. The Labute approximate surface area is 110 Å². The van der Waals surface area contributed by atoms with Gasteiger partial charge in [-0.2, -0.15) is 0 Å². The summed E-state index contributed by atoms with van der Waals surface area (Å²) < 4.78 is 0. The van der Waals surface area contributed by atoms with Crippen molar-refractivity contribution in [2.75, 3.05) is 6.73 Å². The molecule has 2 unspecified atom stereocenters. The zero-order valence-corrected chi connectivity index (χ0v) is 10.8. The summed E-state index contributed by atoms with van der Waals surface area (Å²) in [6.45, 7) is -0.0977. The lowest BCUT2D eigenvalue weighted by molar-refractivity contribution is 0.309. The molecule has 0 aliphatic heterocycles. The number of aliphatic hydroxyl groups excluding tert-OH is 1. The van der Waals surface area contributed by atoms with E-state index in [9.17, 15) is 0 Å². The highest BCUT2D eigenvalue weighted by atomic mass is 35.5. The molecule has 1 aromatic carbocycles. The van der Waals surface area contributed by atoms with Crippen LogP contribution in [0.1, 0.15) is 24.8 Å². The van der Waals surface area contributed by atoms with Crippen LogP contribution in [0.3, 0.4) is 0 Å². The van der Waals surface area contributed by atoms with E-state index >= 15 is 0 Å². The summed E-state index contributed by atoms with van der Waals surface area (Å²) in [6.07, 6.45) is 3.17. The standard InChI is InChI=1S/C13H13Cl2NO/c14-11-2-1-8(4-12(11)15)13-5-9(13)3-10(6-13)16-7-17/h1-2,4,9,17H,3,5-7H2. The van der Waals surface area contributed by atoms with E-state index < -0.39 is 0 Å². The molecule has 0 radical (unpaired) electrons. The highest BCUT2D eigenvalue weighted by Gasteiger charge is 2.59. The Morgan fingerprint density at radius 1 is 1.35 bits per heavy atom. The van der Waals surface area contributed by atoms with Crippen LogP contribution in [0.2, 0.25) is 10.0 Å². The Kier molecular flexibility index (Phi) is 2.69. The highest BCUT2D eigenvalue weighted by molar-refractivity contribution is 6.42. The molecule has 1 N–H and O–H groups in total. The fraction of sp³-hybridized carbons (Fsp3) is 0.462. The summed E-state index contributed by atoms with van der Waals surface area (Å²) in [5, 5.41) is 10.1. The quantitative estimate of drug-likeness (QED) is 0.877. The molecule has 0 spiro atoms. The maximum Gasteiger partial charge on any atom is 0.134 e. The van der Waals surface area contributed by atoms with E-state index in [-0.39, 0.29) is 12.1 Å². The lowest BCUT2D eigenvalue weighted by atomic mass is 9.93. The van der Waals surface area contributed by atoms with Gasteiger partial charge in [-0.15, -0.1) is 0 Å². The topological polar surface area (TPSA) is 32.6 Å². The van der Waals surface area contributed by atoms with Crippen LogP contribution >= 0.6 is 23.2 Å². The van der Waals surface area contributed by atoms with Gasteiger partial charge in [0.15, 0.2) is 0 Å². The van der Waals surface area contributed by atoms with Gasteiger partial charge in [-0.05, 0) is 42.9 Å². The normalized spacial score (nSPS) is 32.9. The van der Waals surface area contributed by atoms with E-state index in [1.807, 2.05) is 12.1 Å². The van der Waals surface area contributed by atoms with Crippen molar-refractivity contribution in [2.45, 2.75) is 24.7 Å². The third-order valence-corrected chi connectivity index (χ3v) is 4.76. The molecule has 2 nitrogen and oxygen atoms in total. The largest absolute Gasteiger partial charge is 0.375 e. The first-order chi connectivity index (χ1) is 8.15. The van der Waals surface area contributed by atoms with Crippen molar-refractivity contribution in [1.29, 1.82) is 0 Å². The Balaban J connectivity index is 1.91. The number of halogens is 2. The van der Waals surface area contributed by atoms with E-state index in [1.54, 1.807) is 0 Å². The van der Waals surface area contributed by atoms with Gasteiger partial charge in [-0.25, -0.2) is 0 Å². The number of hydrogen-bond donors (Lipinski definition) is 1. The lowest BCUT2D eigenvalue weighted by Crippen LogP contribution is -2.08. The van der Waals surface area contributed by atoms with Crippen LogP contribution in [0.5, 0.6) is 0 Å². The molecule has 3 rings (SSSR count). The molecule has 2 fully saturated rings. The van der Waals surface area contributed by atoms with Crippen LogP contribution in [0.15, 0.2) is 23.2 Å². The SMILES string of the molecule is OCN=C1CC2CC2(c2ccc(Cl)c(Cl)c2)C1. The van der Waals surface area contributed by atoms with Crippen molar-refractivity contribution in [1.82, 2.24) is 0 Å². The first kappa shape index (κ1) is 11.5.